The summed E-state index contributed by atoms with van der Waals surface area (Å²) in [5, 5.41) is 7.60. The molecule has 0 radical (unpaired) electrons. The third-order valence-corrected chi connectivity index (χ3v) is 16.8. The van der Waals surface area contributed by atoms with Crippen LogP contribution in [-0.2, 0) is 11.0 Å². The molecule has 4 heteroatoms. The smallest absolute Gasteiger partial charge is 0.218 e. The van der Waals surface area contributed by atoms with Gasteiger partial charge in [-0.2, -0.15) is 0 Å². The molecule has 0 amide bonds. The van der Waals surface area contributed by atoms with E-state index in [0.717, 1.165) is 6.61 Å². The zero-order valence-corrected chi connectivity index (χ0v) is 24.9. The van der Waals surface area contributed by atoms with Crippen molar-refractivity contribution in [3.05, 3.63) is 103 Å². The van der Waals surface area contributed by atoms with Gasteiger partial charge in [-0.05, 0) is 55.7 Å². The minimum absolute atomic E-state index is 0.767. The van der Waals surface area contributed by atoms with Crippen molar-refractivity contribution in [1.29, 1.82) is 0 Å². The van der Waals surface area contributed by atoms with E-state index in [4.69, 9.17) is 4.43 Å². The van der Waals surface area contributed by atoms with E-state index in [0.29, 0.717) is 0 Å². The van der Waals surface area contributed by atoms with Crippen molar-refractivity contribution >= 4 is 50.4 Å². The minimum atomic E-state index is -2.33. The molecule has 0 fully saturated rings. The standard InChI is InChI=1S/C31H36OSi3/c1-33(2,3)31-27-23-32-34(4,5)28(27)22-29(30(31)24-16-10-7-11-17-24)35(6,25-18-12-8-13-19-25)26-20-14-9-15-21-26/h7-22H,23H2,1-6H3. The second-order valence-electron chi connectivity index (χ2n) is 11.5. The molecule has 0 spiro atoms. The maximum absolute atomic E-state index is 6.59. The molecule has 5 rings (SSSR count). The minimum Gasteiger partial charge on any atom is -0.409 e. The fourth-order valence-corrected chi connectivity index (χ4v) is 14.4. The van der Waals surface area contributed by atoms with Gasteiger partial charge in [0.1, 0.15) is 8.07 Å². The Hall–Kier alpha value is -2.51. The van der Waals surface area contributed by atoms with Crippen LogP contribution in [0, 0.1) is 0 Å². The van der Waals surface area contributed by atoms with Crippen molar-refractivity contribution in [2.75, 3.05) is 0 Å². The van der Waals surface area contributed by atoms with E-state index in [-0.39, 0.29) is 0 Å². The highest BCUT2D eigenvalue weighted by molar-refractivity contribution is 7.12. The van der Waals surface area contributed by atoms with Crippen LogP contribution in [-0.4, -0.2) is 24.5 Å². The monoisotopic (exact) mass is 508 g/mol. The summed E-state index contributed by atoms with van der Waals surface area (Å²) in [5.74, 6) is 0. The van der Waals surface area contributed by atoms with E-state index >= 15 is 0 Å². The predicted octanol–water partition coefficient (Wildman–Crippen LogP) is 4.94. The van der Waals surface area contributed by atoms with Crippen molar-refractivity contribution in [2.45, 2.75) is 45.9 Å². The fourth-order valence-electron chi connectivity index (χ4n) is 5.89. The molecule has 0 N–H and O–H groups in total. The molecule has 4 aromatic carbocycles. The van der Waals surface area contributed by atoms with Crippen molar-refractivity contribution < 1.29 is 4.43 Å². The highest BCUT2D eigenvalue weighted by Crippen LogP contribution is 2.28. The van der Waals surface area contributed by atoms with Gasteiger partial charge in [-0.1, -0.05) is 123 Å². The summed E-state index contributed by atoms with van der Waals surface area (Å²) in [6, 6.07) is 36.3. The Balaban J connectivity index is 1.99. The highest BCUT2D eigenvalue weighted by Gasteiger charge is 2.44. The molecule has 0 aliphatic carbocycles. The van der Waals surface area contributed by atoms with Crippen LogP contribution in [0.2, 0.25) is 39.3 Å². The highest BCUT2D eigenvalue weighted by atomic mass is 28.4. The lowest BCUT2D eigenvalue weighted by Crippen LogP contribution is -2.67. The van der Waals surface area contributed by atoms with Gasteiger partial charge in [-0.3, -0.25) is 0 Å². The zero-order chi connectivity index (χ0) is 24.8. The Labute approximate surface area is 214 Å². The SMILES string of the molecule is C[Si](C)(C)c1c2c(cc([Si](C)(c3ccccc3)c3ccccc3)c1-c1ccccc1)[Si](C)(C)OC2. The Bertz CT molecular complexity index is 1300. The number of hydrogen-bond donors (Lipinski definition) is 0. The summed E-state index contributed by atoms with van der Waals surface area (Å²) >= 11 is 0. The van der Waals surface area contributed by atoms with E-state index in [2.05, 4.69) is 136 Å². The van der Waals surface area contributed by atoms with E-state index in [9.17, 15) is 0 Å². The maximum atomic E-state index is 6.59. The van der Waals surface area contributed by atoms with E-state index in [1.54, 1.807) is 10.4 Å². The van der Waals surface area contributed by atoms with Crippen LogP contribution in [0.25, 0.3) is 11.1 Å². The second-order valence-corrected chi connectivity index (χ2v) is 24.3. The van der Waals surface area contributed by atoms with Gasteiger partial charge in [-0.15, -0.1) is 0 Å². The average Bonchev–Trinajstić information content (AvgIpc) is 3.17. The van der Waals surface area contributed by atoms with E-state index < -0.39 is 24.5 Å². The summed E-state index contributed by atoms with van der Waals surface area (Å²) in [7, 11) is -6.02. The Morgan fingerprint density at radius 3 is 1.66 bits per heavy atom. The lowest BCUT2D eigenvalue weighted by atomic mass is 10.0. The first-order valence-corrected chi connectivity index (χ1v) is 21.6. The average molecular weight is 509 g/mol. The first-order valence-electron chi connectivity index (χ1n) is 12.7. The van der Waals surface area contributed by atoms with Crippen LogP contribution in [0.4, 0.5) is 0 Å². The number of benzene rings is 4. The molecule has 1 heterocycles. The molecule has 1 aliphatic heterocycles. The van der Waals surface area contributed by atoms with Crippen LogP contribution in [0.3, 0.4) is 0 Å². The molecule has 0 unspecified atom stereocenters. The molecule has 4 aromatic rings. The van der Waals surface area contributed by atoms with Gasteiger partial charge >= 0.3 is 0 Å². The normalized spacial score (nSPS) is 15.1. The second kappa shape index (κ2) is 8.86. The topological polar surface area (TPSA) is 9.23 Å². The molecule has 35 heavy (non-hydrogen) atoms. The van der Waals surface area contributed by atoms with Crippen molar-refractivity contribution in [1.82, 2.24) is 0 Å². The van der Waals surface area contributed by atoms with E-state index in [1.165, 1.54) is 32.3 Å². The quantitative estimate of drug-likeness (QED) is 0.274. The largest absolute Gasteiger partial charge is 0.409 e. The molecule has 1 aliphatic rings. The number of hydrogen-bond acceptors (Lipinski definition) is 1. The van der Waals surface area contributed by atoms with Crippen molar-refractivity contribution in [2.24, 2.45) is 0 Å². The molecular formula is C31H36OSi3. The van der Waals surface area contributed by atoms with E-state index in [1.807, 2.05) is 0 Å². The summed E-state index contributed by atoms with van der Waals surface area (Å²) in [5.41, 5.74) is 4.33. The summed E-state index contributed by atoms with van der Waals surface area (Å²) < 4.78 is 6.59. The molecule has 0 atom stereocenters. The zero-order valence-electron chi connectivity index (χ0n) is 21.9. The van der Waals surface area contributed by atoms with Crippen molar-refractivity contribution in [3.63, 3.8) is 0 Å². The molecule has 178 valence electrons. The van der Waals surface area contributed by atoms with Crippen LogP contribution < -0.4 is 25.9 Å². The molecule has 0 saturated carbocycles. The van der Waals surface area contributed by atoms with Crippen LogP contribution >= 0.6 is 0 Å². The molecule has 0 aromatic heterocycles. The van der Waals surface area contributed by atoms with Gasteiger partial charge in [0, 0.05) is 0 Å². The Morgan fingerprint density at radius 1 is 0.686 bits per heavy atom. The number of rotatable bonds is 5. The Morgan fingerprint density at radius 2 is 1.17 bits per heavy atom. The lowest BCUT2D eigenvalue weighted by Gasteiger charge is -2.36. The van der Waals surface area contributed by atoms with Crippen LogP contribution in [0.1, 0.15) is 5.56 Å². The Kier molecular flexibility index (Phi) is 6.12. The molecule has 0 bridgehead atoms. The molecular weight excluding hydrogens is 473 g/mol. The van der Waals surface area contributed by atoms with Crippen molar-refractivity contribution in [3.8, 4) is 11.1 Å². The molecule has 0 saturated heterocycles. The van der Waals surface area contributed by atoms with Crippen LogP contribution in [0.15, 0.2) is 97.1 Å². The summed E-state index contributed by atoms with van der Waals surface area (Å²) in [6.07, 6.45) is 0. The fraction of sp³-hybridized carbons (Fsp3) is 0.226. The third-order valence-electron chi connectivity index (χ3n) is 7.71. The summed E-state index contributed by atoms with van der Waals surface area (Å²) in [4.78, 5) is 0. The first kappa shape index (κ1) is 24.2. The van der Waals surface area contributed by atoms with Gasteiger partial charge in [0.2, 0.25) is 8.32 Å². The first-order chi connectivity index (χ1) is 16.6. The van der Waals surface area contributed by atoms with Crippen LogP contribution in [0.5, 0.6) is 0 Å². The van der Waals surface area contributed by atoms with Gasteiger partial charge in [0.15, 0.2) is 0 Å². The molecule has 1 nitrogen and oxygen atoms in total. The third kappa shape index (κ3) is 4.12. The number of fused-ring (bicyclic) bond motifs is 1. The van der Waals surface area contributed by atoms with Gasteiger partial charge < -0.3 is 4.43 Å². The van der Waals surface area contributed by atoms with Gasteiger partial charge in [-0.25, -0.2) is 0 Å². The summed E-state index contributed by atoms with van der Waals surface area (Å²) in [6.45, 7) is 15.6. The lowest BCUT2D eigenvalue weighted by molar-refractivity contribution is 0.321. The predicted molar refractivity (Wildman–Crippen MR) is 160 cm³/mol. The maximum Gasteiger partial charge on any atom is 0.218 e. The van der Waals surface area contributed by atoms with Gasteiger partial charge in [0.05, 0.1) is 14.7 Å². The van der Waals surface area contributed by atoms with Gasteiger partial charge in [0.25, 0.3) is 0 Å².